The number of aromatic nitrogens is 3. The van der Waals surface area contributed by atoms with Gasteiger partial charge in [-0.1, -0.05) is 18.5 Å². The molecule has 2 aromatic heterocycles. The Kier molecular flexibility index (Phi) is 8.28. The van der Waals surface area contributed by atoms with Gasteiger partial charge >= 0.3 is 6.18 Å². The predicted octanol–water partition coefficient (Wildman–Crippen LogP) is 5.57. The van der Waals surface area contributed by atoms with Gasteiger partial charge in [-0.25, -0.2) is 9.98 Å². The van der Waals surface area contributed by atoms with Crippen LogP contribution in [0.15, 0.2) is 66.4 Å². The van der Waals surface area contributed by atoms with Crippen molar-refractivity contribution in [1.29, 1.82) is 0 Å². The van der Waals surface area contributed by atoms with E-state index in [-0.39, 0.29) is 17.3 Å². The van der Waals surface area contributed by atoms with Gasteiger partial charge in [-0.3, -0.25) is 4.57 Å². The van der Waals surface area contributed by atoms with Gasteiger partial charge in [-0.15, -0.1) is 0 Å². The highest BCUT2D eigenvalue weighted by Gasteiger charge is 2.34. The van der Waals surface area contributed by atoms with Crippen LogP contribution in [0.5, 0.6) is 0 Å². The van der Waals surface area contributed by atoms with E-state index in [1.807, 2.05) is 31.5 Å². The fourth-order valence-corrected chi connectivity index (χ4v) is 2.31. The Balaban J connectivity index is 0.000000485. The van der Waals surface area contributed by atoms with Crippen LogP contribution in [0.3, 0.4) is 0 Å². The van der Waals surface area contributed by atoms with Crippen LogP contribution < -0.4 is 0 Å². The minimum Gasteiger partial charge on any atom is -0.374 e. The normalized spacial score (nSPS) is 11.8. The Morgan fingerprint density at radius 1 is 1.29 bits per heavy atom. The lowest BCUT2D eigenvalue weighted by Crippen LogP contribution is -2.18. The molecule has 0 amide bonds. The number of rotatable bonds is 5. The Morgan fingerprint density at radius 2 is 2.04 bits per heavy atom. The van der Waals surface area contributed by atoms with Crippen LogP contribution in [-0.2, 0) is 10.9 Å². The van der Waals surface area contributed by atoms with Crippen molar-refractivity contribution in [2.75, 3.05) is 13.2 Å². The lowest BCUT2D eigenvalue weighted by molar-refractivity contribution is -0.137. The van der Waals surface area contributed by atoms with Gasteiger partial charge in [0.05, 0.1) is 11.3 Å². The molecular formula is C19H20ClF3N4O. The van der Waals surface area contributed by atoms with E-state index in [4.69, 9.17) is 16.3 Å². The van der Waals surface area contributed by atoms with Crippen LogP contribution >= 0.6 is 11.6 Å². The summed E-state index contributed by atoms with van der Waals surface area (Å²) in [6, 6.07) is 7.36. The molecule has 0 aliphatic rings. The molecule has 5 nitrogen and oxygen atoms in total. The lowest BCUT2D eigenvalue weighted by atomic mass is 10.1. The van der Waals surface area contributed by atoms with Gasteiger partial charge in [0, 0.05) is 36.4 Å². The second kappa shape index (κ2) is 10.7. The van der Waals surface area contributed by atoms with Gasteiger partial charge in [-0.2, -0.15) is 13.2 Å². The molecule has 0 unspecified atom stereocenters. The number of halogens is 4. The quantitative estimate of drug-likeness (QED) is 0.338. The maximum atomic E-state index is 13.1. The average Bonchev–Trinajstić information content (AvgIpc) is 3.38. The van der Waals surface area contributed by atoms with Crippen molar-refractivity contribution >= 4 is 23.1 Å². The van der Waals surface area contributed by atoms with Crippen LogP contribution in [0, 0.1) is 0 Å². The third-order valence-electron chi connectivity index (χ3n) is 3.39. The number of hydrogen-bond donors (Lipinski definition) is 1. The first-order valence-electron chi connectivity index (χ1n) is 8.50. The summed E-state index contributed by atoms with van der Waals surface area (Å²) in [6.07, 6.45) is 4.57. The molecule has 0 saturated carbocycles. The second-order valence-electron chi connectivity index (χ2n) is 5.59. The predicted molar refractivity (Wildman–Crippen MR) is 103 cm³/mol. The molecule has 0 radical (unpaired) electrons. The molecule has 0 saturated heterocycles. The molecular weight excluding hydrogens is 393 g/mol. The Labute approximate surface area is 165 Å². The first-order chi connectivity index (χ1) is 13.4. The molecule has 3 aromatic rings. The van der Waals surface area contributed by atoms with E-state index in [9.17, 15) is 13.2 Å². The topological polar surface area (TPSA) is 55.2 Å². The number of nitrogens with one attached hydrogen (secondary N) is 1. The van der Waals surface area contributed by atoms with Crippen molar-refractivity contribution in [1.82, 2.24) is 14.5 Å². The zero-order valence-corrected chi connectivity index (χ0v) is 15.9. The van der Waals surface area contributed by atoms with E-state index in [0.29, 0.717) is 12.4 Å². The molecule has 0 aliphatic carbocycles. The van der Waals surface area contributed by atoms with Gasteiger partial charge in [0.15, 0.2) is 0 Å². The number of alkyl halides is 3. The van der Waals surface area contributed by atoms with Gasteiger partial charge in [0.1, 0.15) is 18.8 Å². The van der Waals surface area contributed by atoms with E-state index in [2.05, 4.69) is 15.0 Å². The maximum Gasteiger partial charge on any atom is 0.418 e. The van der Waals surface area contributed by atoms with Gasteiger partial charge in [0.2, 0.25) is 0 Å². The molecule has 0 atom stereocenters. The molecule has 0 aliphatic heterocycles. The van der Waals surface area contributed by atoms with Crippen LogP contribution in [0.25, 0.3) is 0 Å². The summed E-state index contributed by atoms with van der Waals surface area (Å²) in [7, 11) is 0. The largest absolute Gasteiger partial charge is 0.418 e. The minimum atomic E-state index is -4.55. The molecule has 9 heteroatoms. The Hall–Kier alpha value is -2.58. The van der Waals surface area contributed by atoms with Crippen molar-refractivity contribution < 1.29 is 17.9 Å². The summed E-state index contributed by atoms with van der Waals surface area (Å²) in [5.41, 5.74) is -1.11. The highest BCUT2D eigenvalue weighted by atomic mass is 35.5. The monoisotopic (exact) mass is 412 g/mol. The van der Waals surface area contributed by atoms with Crippen LogP contribution in [0.2, 0.25) is 5.02 Å². The Bertz CT molecular complexity index is 829. The number of ether oxygens (including phenoxy) is 1. The summed E-state index contributed by atoms with van der Waals surface area (Å²) in [4.78, 5) is 10.9. The SMILES string of the molecule is CCCOCC(=Nc1ccc(Cl)cc1C(F)(F)F)n1ccnc1.c1cc[nH]c1. The Morgan fingerprint density at radius 3 is 2.57 bits per heavy atom. The number of nitrogens with zero attached hydrogens (tertiary/aromatic N) is 3. The molecule has 2 heterocycles. The summed E-state index contributed by atoms with van der Waals surface area (Å²) >= 11 is 5.67. The second-order valence-corrected chi connectivity index (χ2v) is 6.03. The fraction of sp³-hybridized carbons (Fsp3) is 0.263. The zero-order chi connectivity index (χ0) is 20.4. The molecule has 0 spiro atoms. The third kappa shape index (κ3) is 6.86. The first kappa shape index (κ1) is 21.7. The van der Waals surface area contributed by atoms with Gasteiger partial charge in [0.25, 0.3) is 0 Å². The molecule has 0 fully saturated rings. The number of aliphatic imine (C=N–C) groups is 1. The highest BCUT2D eigenvalue weighted by Crippen LogP contribution is 2.38. The van der Waals surface area contributed by atoms with Crippen molar-refractivity contribution in [3.05, 3.63) is 72.0 Å². The van der Waals surface area contributed by atoms with Gasteiger partial charge in [-0.05, 0) is 36.8 Å². The molecule has 1 aromatic carbocycles. The molecule has 0 bridgehead atoms. The van der Waals surface area contributed by atoms with Crippen molar-refractivity contribution in [2.45, 2.75) is 19.5 Å². The summed E-state index contributed by atoms with van der Waals surface area (Å²) < 4.78 is 46.4. The molecule has 150 valence electrons. The average molecular weight is 413 g/mol. The standard InChI is InChI=1S/C15H15ClF3N3O.C4H5N/c1-2-7-23-9-14(22-6-5-20-10-22)21-13-4-3-11(16)8-12(13)15(17,18)19;1-2-4-5-3-1/h3-6,8,10H,2,7,9H2,1H3;1-5H. The molecule has 1 N–H and O–H groups in total. The number of imidazole rings is 1. The number of aromatic amines is 1. The van der Waals surface area contributed by atoms with Crippen LogP contribution in [0.1, 0.15) is 18.9 Å². The molecule has 28 heavy (non-hydrogen) atoms. The summed E-state index contributed by atoms with van der Waals surface area (Å²) in [5, 5.41) is 0.00249. The zero-order valence-electron chi connectivity index (χ0n) is 15.2. The maximum absolute atomic E-state index is 13.1. The van der Waals surface area contributed by atoms with E-state index in [1.54, 1.807) is 6.20 Å². The van der Waals surface area contributed by atoms with Crippen LogP contribution in [-0.4, -0.2) is 33.6 Å². The third-order valence-corrected chi connectivity index (χ3v) is 3.63. The van der Waals surface area contributed by atoms with E-state index < -0.39 is 11.7 Å². The first-order valence-corrected chi connectivity index (χ1v) is 8.87. The van der Waals surface area contributed by atoms with E-state index >= 15 is 0 Å². The van der Waals surface area contributed by atoms with Gasteiger partial charge < -0.3 is 9.72 Å². The van der Waals surface area contributed by atoms with Crippen molar-refractivity contribution in [3.8, 4) is 0 Å². The van der Waals surface area contributed by atoms with Crippen LogP contribution in [0.4, 0.5) is 18.9 Å². The number of H-pyrrole nitrogens is 1. The summed E-state index contributed by atoms with van der Waals surface area (Å²) in [5.74, 6) is 0.309. The summed E-state index contributed by atoms with van der Waals surface area (Å²) in [6.45, 7) is 2.50. The number of hydrogen-bond acceptors (Lipinski definition) is 3. The lowest BCUT2D eigenvalue weighted by Gasteiger charge is -2.13. The van der Waals surface area contributed by atoms with E-state index in [0.717, 1.165) is 12.5 Å². The van der Waals surface area contributed by atoms with E-state index in [1.165, 1.54) is 29.2 Å². The van der Waals surface area contributed by atoms with Crippen molar-refractivity contribution in [2.24, 2.45) is 4.99 Å². The highest BCUT2D eigenvalue weighted by molar-refractivity contribution is 6.30. The fourth-order valence-electron chi connectivity index (χ4n) is 2.13. The molecule has 3 rings (SSSR count). The number of benzene rings is 1. The minimum absolute atomic E-state index is 0.00249. The smallest absolute Gasteiger partial charge is 0.374 e. The van der Waals surface area contributed by atoms with Crippen molar-refractivity contribution in [3.63, 3.8) is 0 Å².